The highest BCUT2D eigenvalue weighted by Gasteiger charge is 2.11. The fourth-order valence-corrected chi connectivity index (χ4v) is 2.19. The van der Waals surface area contributed by atoms with Crippen LogP contribution in [0, 0.1) is 5.82 Å². The summed E-state index contributed by atoms with van der Waals surface area (Å²) in [5, 5.41) is 9.67. The minimum absolute atomic E-state index is 0.257. The molecule has 0 bridgehead atoms. The Morgan fingerprint density at radius 3 is 2.95 bits per heavy atom. The summed E-state index contributed by atoms with van der Waals surface area (Å²) in [5.74, 6) is 0.0643. The number of nitrogens with zero attached hydrogens (tertiary/aromatic N) is 2. The molecule has 0 saturated carbocycles. The molecule has 1 atom stereocenters. The molecule has 0 aliphatic rings. The summed E-state index contributed by atoms with van der Waals surface area (Å²) in [6, 6.07) is 9.85. The Balaban J connectivity index is 1.81. The van der Waals surface area contributed by atoms with Gasteiger partial charge in [0.2, 0.25) is 0 Å². The van der Waals surface area contributed by atoms with Gasteiger partial charge in [-0.3, -0.25) is 0 Å². The zero-order chi connectivity index (χ0) is 14.8. The van der Waals surface area contributed by atoms with Gasteiger partial charge in [-0.25, -0.2) is 9.37 Å². The van der Waals surface area contributed by atoms with E-state index < -0.39 is 11.9 Å². The Hall–Kier alpha value is -2.40. The van der Waals surface area contributed by atoms with Crippen LogP contribution in [0.5, 0.6) is 5.75 Å². The highest BCUT2D eigenvalue weighted by atomic mass is 19.1. The van der Waals surface area contributed by atoms with Gasteiger partial charge < -0.3 is 14.2 Å². The lowest BCUT2D eigenvalue weighted by molar-refractivity contribution is 0.189. The van der Waals surface area contributed by atoms with Crippen LogP contribution in [0.15, 0.2) is 48.8 Å². The van der Waals surface area contributed by atoms with Crippen LogP contribution >= 0.6 is 0 Å². The molecule has 0 aliphatic carbocycles. The molecule has 21 heavy (non-hydrogen) atoms. The van der Waals surface area contributed by atoms with E-state index in [1.165, 1.54) is 18.2 Å². The lowest BCUT2D eigenvalue weighted by Gasteiger charge is -2.12. The standard InChI is InChI=1S/C16H15FN2O2/c1-11(20)14-8-12(17)5-6-15(14)21-10-13-9-19-7-3-2-4-16(19)18-13/h2-9,11,20H,10H2,1H3/t11-/m0/s1. The molecule has 5 heteroatoms. The highest BCUT2D eigenvalue weighted by Crippen LogP contribution is 2.26. The summed E-state index contributed by atoms with van der Waals surface area (Å²) < 4.78 is 20.8. The minimum atomic E-state index is -0.795. The minimum Gasteiger partial charge on any atom is -0.487 e. The van der Waals surface area contributed by atoms with E-state index in [1.807, 2.05) is 35.0 Å². The first kappa shape index (κ1) is 13.6. The number of rotatable bonds is 4. The van der Waals surface area contributed by atoms with E-state index >= 15 is 0 Å². The normalized spacial score (nSPS) is 12.5. The Bertz CT molecular complexity index is 735. The van der Waals surface area contributed by atoms with Gasteiger partial charge in [-0.1, -0.05) is 6.07 Å². The van der Waals surface area contributed by atoms with Crippen molar-refractivity contribution in [3.8, 4) is 5.75 Å². The van der Waals surface area contributed by atoms with Crippen molar-refractivity contribution >= 4 is 5.65 Å². The molecular weight excluding hydrogens is 271 g/mol. The summed E-state index contributed by atoms with van der Waals surface area (Å²) in [5.41, 5.74) is 2.03. The smallest absolute Gasteiger partial charge is 0.137 e. The monoisotopic (exact) mass is 286 g/mol. The number of hydrogen-bond acceptors (Lipinski definition) is 3. The summed E-state index contributed by atoms with van der Waals surface area (Å²) >= 11 is 0. The van der Waals surface area contributed by atoms with Crippen molar-refractivity contribution in [3.05, 3.63) is 65.9 Å². The Morgan fingerprint density at radius 2 is 2.19 bits per heavy atom. The molecule has 2 aromatic heterocycles. The molecule has 0 unspecified atom stereocenters. The largest absolute Gasteiger partial charge is 0.487 e. The van der Waals surface area contributed by atoms with Gasteiger partial charge in [0.1, 0.15) is 23.8 Å². The maximum absolute atomic E-state index is 13.2. The van der Waals surface area contributed by atoms with Crippen molar-refractivity contribution in [2.45, 2.75) is 19.6 Å². The SMILES string of the molecule is C[C@H](O)c1cc(F)ccc1OCc1cn2ccccc2n1. The molecule has 2 heterocycles. The number of pyridine rings is 1. The zero-order valence-corrected chi connectivity index (χ0v) is 11.5. The summed E-state index contributed by atoms with van der Waals surface area (Å²) in [6.45, 7) is 1.83. The van der Waals surface area contributed by atoms with Gasteiger partial charge >= 0.3 is 0 Å². The summed E-state index contributed by atoms with van der Waals surface area (Å²) in [6.07, 6.45) is 2.99. The maximum atomic E-state index is 13.2. The van der Waals surface area contributed by atoms with Crippen molar-refractivity contribution in [1.82, 2.24) is 9.38 Å². The third-order valence-corrected chi connectivity index (χ3v) is 3.21. The van der Waals surface area contributed by atoms with Gasteiger partial charge in [0.25, 0.3) is 0 Å². The molecule has 0 aliphatic heterocycles. The van der Waals surface area contributed by atoms with E-state index in [-0.39, 0.29) is 6.61 Å². The van der Waals surface area contributed by atoms with Crippen LogP contribution in [0.2, 0.25) is 0 Å². The third-order valence-electron chi connectivity index (χ3n) is 3.21. The van der Waals surface area contributed by atoms with Crippen molar-refractivity contribution in [1.29, 1.82) is 0 Å². The van der Waals surface area contributed by atoms with Gasteiger partial charge in [-0.15, -0.1) is 0 Å². The number of ether oxygens (including phenoxy) is 1. The fourth-order valence-electron chi connectivity index (χ4n) is 2.19. The predicted octanol–water partition coefficient (Wildman–Crippen LogP) is 3.11. The number of imidazole rings is 1. The molecule has 3 rings (SSSR count). The first-order valence-electron chi connectivity index (χ1n) is 6.66. The topological polar surface area (TPSA) is 46.8 Å². The van der Waals surface area contributed by atoms with Gasteiger partial charge in [0.05, 0.1) is 11.8 Å². The van der Waals surface area contributed by atoms with E-state index in [9.17, 15) is 9.50 Å². The summed E-state index contributed by atoms with van der Waals surface area (Å²) in [7, 11) is 0. The first-order valence-corrected chi connectivity index (χ1v) is 6.66. The quantitative estimate of drug-likeness (QED) is 0.801. The van der Waals surface area contributed by atoms with Gasteiger partial charge in [-0.05, 0) is 37.3 Å². The van der Waals surface area contributed by atoms with Crippen LogP contribution in [0.1, 0.15) is 24.3 Å². The summed E-state index contributed by atoms with van der Waals surface area (Å²) in [4.78, 5) is 4.42. The second kappa shape index (κ2) is 5.54. The van der Waals surface area contributed by atoms with Crippen LogP contribution in [0.25, 0.3) is 5.65 Å². The third kappa shape index (κ3) is 2.87. The van der Waals surface area contributed by atoms with E-state index in [2.05, 4.69) is 4.98 Å². The second-order valence-corrected chi connectivity index (χ2v) is 4.85. The van der Waals surface area contributed by atoms with E-state index in [4.69, 9.17) is 4.74 Å². The number of halogens is 1. The first-order chi connectivity index (χ1) is 10.1. The number of aromatic nitrogens is 2. The molecule has 0 fully saturated rings. The van der Waals surface area contributed by atoms with Gasteiger partial charge in [0.15, 0.2) is 0 Å². The van der Waals surface area contributed by atoms with Crippen LogP contribution in [-0.2, 0) is 6.61 Å². The van der Waals surface area contributed by atoms with Crippen molar-refractivity contribution in [3.63, 3.8) is 0 Å². The average Bonchev–Trinajstić information content (AvgIpc) is 2.88. The van der Waals surface area contributed by atoms with E-state index in [0.717, 1.165) is 11.3 Å². The predicted molar refractivity (Wildman–Crippen MR) is 76.6 cm³/mol. The van der Waals surface area contributed by atoms with E-state index in [0.29, 0.717) is 11.3 Å². The number of aliphatic hydroxyl groups is 1. The maximum Gasteiger partial charge on any atom is 0.137 e. The fraction of sp³-hybridized carbons (Fsp3) is 0.188. The lowest BCUT2D eigenvalue weighted by Crippen LogP contribution is -2.01. The number of benzene rings is 1. The molecule has 0 radical (unpaired) electrons. The number of hydrogen-bond donors (Lipinski definition) is 1. The Kier molecular flexibility index (Phi) is 3.58. The van der Waals surface area contributed by atoms with Crippen LogP contribution in [0.4, 0.5) is 4.39 Å². The zero-order valence-electron chi connectivity index (χ0n) is 11.5. The average molecular weight is 286 g/mol. The van der Waals surface area contributed by atoms with Crippen molar-refractivity contribution in [2.24, 2.45) is 0 Å². The highest BCUT2D eigenvalue weighted by molar-refractivity contribution is 5.40. The molecule has 0 saturated heterocycles. The van der Waals surface area contributed by atoms with Crippen molar-refractivity contribution < 1.29 is 14.2 Å². The molecule has 0 spiro atoms. The van der Waals surface area contributed by atoms with E-state index in [1.54, 1.807) is 6.92 Å². The Morgan fingerprint density at radius 1 is 1.33 bits per heavy atom. The molecule has 1 N–H and O–H groups in total. The molecule has 3 aromatic rings. The van der Waals surface area contributed by atoms with Gasteiger partial charge in [0, 0.05) is 18.0 Å². The van der Waals surface area contributed by atoms with Crippen molar-refractivity contribution in [2.75, 3.05) is 0 Å². The molecule has 1 aromatic carbocycles. The number of fused-ring (bicyclic) bond motifs is 1. The lowest BCUT2D eigenvalue weighted by atomic mass is 10.1. The van der Waals surface area contributed by atoms with Gasteiger partial charge in [-0.2, -0.15) is 0 Å². The second-order valence-electron chi connectivity index (χ2n) is 4.85. The Labute approximate surface area is 121 Å². The molecule has 0 amide bonds. The number of aliphatic hydroxyl groups excluding tert-OH is 1. The van der Waals surface area contributed by atoms with Crippen LogP contribution in [-0.4, -0.2) is 14.5 Å². The van der Waals surface area contributed by atoms with Crippen LogP contribution in [0.3, 0.4) is 0 Å². The molecular formula is C16H15FN2O2. The molecule has 4 nitrogen and oxygen atoms in total. The van der Waals surface area contributed by atoms with Crippen LogP contribution < -0.4 is 4.74 Å². The molecule has 108 valence electrons.